The molecule has 0 aliphatic carbocycles. The second-order valence-electron chi connectivity index (χ2n) is 9.04. The summed E-state index contributed by atoms with van der Waals surface area (Å²) in [6.07, 6.45) is 2.66. The van der Waals surface area contributed by atoms with Gasteiger partial charge in [-0.05, 0) is 60.6 Å². The third-order valence-corrected chi connectivity index (χ3v) is 7.06. The molecule has 5 rings (SSSR count). The Bertz CT molecular complexity index is 1730. The molecule has 0 saturated carbocycles. The Hall–Kier alpha value is -4.30. The summed E-state index contributed by atoms with van der Waals surface area (Å²) in [6.45, 7) is 6.91. The van der Waals surface area contributed by atoms with Crippen molar-refractivity contribution < 1.29 is 8.78 Å². The first-order valence-corrected chi connectivity index (χ1v) is 13.6. The van der Waals surface area contributed by atoms with E-state index in [1.807, 2.05) is 49.6 Å². The summed E-state index contributed by atoms with van der Waals surface area (Å²) in [6, 6.07) is 22.5. The lowest BCUT2D eigenvalue weighted by Crippen LogP contribution is -2.21. The number of benzene rings is 3. The number of nitrogens with zero attached hydrogens (tertiary/aromatic N) is 3. The molecule has 0 fully saturated rings. The number of rotatable bonds is 8. The fraction of sp³-hybridized carbons (Fsp3) is 0.129. The van der Waals surface area contributed by atoms with Crippen molar-refractivity contribution in [3.05, 3.63) is 124 Å². The lowest BCUT2D eigenvalue weighted by molar-refractivity contribution is 0.568. The molecule has 3 aromatic carbocycles. The summed E-state index contributed by atoms with van der Waals surface area (Å²) < 4.78 is 30.6. The van der Waals surface area contributed by atoms with Gasteiger partial charge in [-0.3, -0.25) is 9.36 Å². The number of para-hydroxylation sites is 1. The molecule has 196 valence electrons. The van der Waals surface area contributed by atoms with E-state index >= 15 is 0 Å². The van der Waals surface area contributed by atoms with Crippen LogP contribution in [0.25, 0.3) is 33.7 Å². The molecule has 0 amide bonds. The third-order valence-electron chi connectivity index (χ3n) is 6.51. The molecule has 0 atom stereocenters. The van der Waals surface area contributed by atoms with Gasteiger partial charge in [-0.25, -0.2) is 18.7 Å². The summed E-state index contributed by atoms with van der Waals surface area (Å²) in [4.78, 5) is 22.2. The second kappa shape index (κ2) is 11.2. The molecule has 1 N–H and O–H groups in total. The maximum absolute atomic E-state index is 14.8. The Labute approximate surface area is 229 Å². The molecule has 2 aromatic heterocycles. The second-order valence-corrected chi connectivity index (χ2v) is 9.82. The molecular formula is C31H26F2N4OS. The zero-order valence-corrected chi connectivity index (χ0v) is 22.4. The summed E-state index contributed by atoms with van der Waals surface area (Å²) in [5, 5.41) is 4.27. The Balaban J connectivity index is 1.60. The summed E-state index contributed by atoms with van der Waals surface area (Å²) in [5.74, 6) is -1.71. The molecule has 2 heterocycles. The van der Waals surface area contributed by atoms with Gasteiger partial charge in [0.25, 0.3) is 5.56 Å². The van der Waals surface area contributed by atoms with E-state index in [1.165, 1.54) is 29.5 Å². The Kier molecular flexibility index (Phi) is 7.56. The normalized spacial score (nSPS) is 11.1. The molecule has 0 spiro atoms. The largest absolute Gasteiger partial charge is 0.385 e. The molecule has 5 aromatic rings. The van der Waals surface area contributed by atoms with Crippen LogP contribution in [0.2, 0.25) is 0 Å². The molecule has 39 heavy (non-hydrogen) atoms. The van der Waals surface area contributed by atoms with Gasteiger partial charge in [-0.2, -0.15) is 0 Å². The Morgan fingerprint density at radius 3 is 2.44 bits per heavy atom. The highest BCUT2D eigenvalue weighted by atomic mass is 32.2. The predicted octanol–water partition coefficient (Wildman–Crippen LogP) is 6.56. The number of aromatic nitrogens is 3. The van der Waals surface area contributed by atoms with E-state index < -0.39 is 22.9 Å². The van der Waals surface area contributed by atoms with Crippen LogP contribution in [0.1, 0.15) is 16.7 Å². The van der Waals surface area contributed by atoms with Gasteiger partial charge >= 0.3 is 0 Å². The summed E-state index contributed by atoms with van der Waals surface area (Å²) in [5.41, 5.74) is 4.26. The number of halogens is 2. The summed E-state index contributed by atoms with van der Waals surface area (Å²) in [7, 11) is 0. The van der Waals surface area contributed by atoms with Gasteiger partial charge in [0.2, 0.25) is 0 Å². The van der Waals surface area contributed by atoms with E-state index in [1.54, 1.807) is 6.07 Å². The fourth-order valence-electron chi connectivity index (χ4n) is 4.48. The number of hydrogen-bond donors (Lipinski definition) is 1. The van der Waals surface area contributed by atoms with Crippen LogP contribution < -0.4 is 10.9 Å². The average molecular weight is 541 g/mol. The van der Waals surface area contributed by atoms with E-state index in [9.17, 15) is 13.6 Å². The molecule has 0 radical (unpaired) electrons. The molecule has 0 bridgehead atoms. The predicted molar refractivity (Wildman–Crippen MR) is 154 cm³/mol. The van der Waals surface area contributed by atoms with Gasteiger partial charge in [-0.1, -0.05) is 66.9 Å². The smallest absolute Gasteiger partial charge is 0.256 e. The van der Waals surface area contributed by atoms with Crippen LogP contribution in [0.3, 0.4) is 0 Å². The van der Waals surface area contributed by atoms with Crippen LogP contribution in [0.15, 0.2) is 95.4 Å². The minimum absolute atomic E-state index is 0.130. The maximum Gasteiger partial charge on any atom is 0.256 e. The zero-order valence-electron chi connectivity index (χ0n) is 21.5. The van der Waals surface area contributed by atoms with Crippen molar-refractivity contribution in [2.45, 2.75) is 18.5 Å². The zero-order chi connectivity index (χ0) is 27.5. The first-order valence-electron chi connectivity index (χ1n) is 12.4. The first-order chi connectivity index (χ1) is 18.9. The SMILES string of the molecule is C=C(NCCc1ccccc1)c1ccc(C)c(-c2nc(SC)nc3c2ccc(=O)n3-c2c(F)cccc2F)c1. The molecule has 5 nitrogen and oxygen atoms in total. The lowest BCUT2D eigenvalue weighted by Gasteiger charge is -2.16. The van der Waals surface area contributed by atoms with Gasteiger partial charge in [0.1, 0.15) is 17.3 Å². The van der Waals surface area contributed by atoms with Gasteiger partial charge in [0.05, 0.1) is 5.69 Å². The van der Waals surface area contributed by atoms with Crippen molar-refractivity contribution in [1.82, 2.24) is 19.9 Å². The van der Waals surface area contributed by atoms with Gasteiger partial charge < -0.3 is 5.32 Å². The van der Waals surface area contributed by atoms with Crippen LogP contribution in [-0.4, -0.2) is 27.3 Å². The molecule has 8 heteroatoms. The van der Waals surface area contributed by atoms with E-state index in [2.05, 4.69) is 29.0 Å². The fourth-order valence-corrected chi connectivity index (χ4v) is 4.84. The number of nitrogens with one attached hydrogen (secondary N) is 1. The number of fused-ring (bicyclic) bond motifs is 1. The van der Waals surface area contributed by atoms with Crippen molar-refractivity contribution in [3.63, 3.8) is 0 Å². The average Bonchev–Trinajstić information content (AvgIpc) is 2.94. The molecular weight excluding hydrogens is 514 g/mol. The van der Waals surface area contributed by atoms with Crippen molar-refractivity contribution in [2.75, 3.05) is 12.8 Å². The van der Waals surface area contributed by atoms with Gasteiger partial charge in [-0.15, -0.1) is 0 Å². The van der Waals surface area contributed by atoms with Gasteiger partial charge in [0.15, 0.2) is 10.8 Å². The van der Waals surface area contributed by atoms with Crippen molar-refractivity contribution in [3.8, 4) is 16.9 Å². The van der Waals surface area contributed by atoms with Crippen LogP contribution >= 0.6 is 11.8 Å². The topological polar surface area (TPSA) is 59.8 Å². The van der Waals surface area contributed by atoms with Crippen LogP contribution in [0.5, 0.6) is 0 Å². The van der Waals surface area contributed by atoms with Crippen LogP contribution in [-0.2, 0) is 6.42 Å². The molecule has 0 unspecified atom stereocenters. The van der Waals surface area contributed by atoms with Crippen molar-refractivity contribution in [2.24, 2.45) is 0 Å². The van der Waals surface area contributed by atoms with E-state index in [4.69, 9.17) is 4.98 Å². The summed E-state index contributed by atoms with van der Waals surface area (Å²) >= 11 is 1.28. The van der Waals surface area contributed by atoms with Crippen LogP contribution in [0.4, 0.5) is 8.78 Å². The number of thioether (sulfide) groups is 1. The van der Waals surface area contributed by atoms with E-state index in [-0.39, 0.29) is 5.65 Å². The van der Waals surface area contributed by atoms with E-state index in [0.29, 0.717) is 16.2 Å². The van der Waals surface area contributed by atoms with E-state index in [0.717, 1.165) is 52.1 Å². The Morgan fingerprint density at radius 2 is 1.72 bits per heavy atom. The standard InChI is InChI=1S/C31H26F2N4OS/c1-19-12-13-22(20(2)34-17-16-21-8-5-4-6-9-21)18-24(19)28-23-14-15-27(38)37(30(23)36-31(35-28)39-3)29-25(32)10-7-11-26(29)33/h4-15,18,34H,2,16-17H2,1,3H3. The van der Waals surface area contributed by atoms with Crippen molar-refractivity contribution in [1.29, 1.82) is 0 Å². The number of hydrogen-bond acceptors (Lipinski definition) is 5. The minimum atomic E-state index is -0.855. The van der Waals surface area contributed by atoms with Crippen molar-refractivity contribution >= 4 is 28.5 Å². The number of pyridine rings is 1. The minimum Gasteiger partial charge on any atom is -0.385 e. The quantitative estimate of drug-likeness (QED) is 0.178. The molecule has 0 aliphatic rings. The maximum atomic E-state index is 14.8. The first kappa shape index (κ1) is 26.3. The Morgan fingerprint density at radius 1 is 0.974 bits per heavy atom. The third kappa shape index (κ3) is 5.33. The number of aryl methyl sites for hydroxylation is 1. The molecule has 0 aliphatic heterocycles. The monoisotopic (exact) mass is 540 g/mol. The van der Waals surface area contributed by atoms with Gasteiger partial charge in [0, 0.05) is 29.3 Å². The highest BCUT2D eigenvalue weighted by molar-refractivity contribution is 7.98. The highest BCUT2D eigenvalue weighted by Crippen LogP contribution is 2.32. The van der Waals surface area contributed by atoms with Crippen LogP contribution in [0, 0.1) is 18.6 Å². The lowest BCUT2D eigenvalue weighted by atomic mass is 9.98. The molecule has 0 saturated heterocycles. The highest BCUT2D eigenvalue weighted by Gasteiger charge is 2.20.